The third-order valence-corrected chi connectivity index (χ3v) is 8.60. The summed E-state index contributed by atoms with van der Waals surface area (Å²) in [4.78, 5) is 36.1. The molecule has 0 spiro atoms. The van der Waals surface area contributed by atoms with Crippen LogP contribution in [-0.2, 0) is 31.9 Å². The largest absolute Gasteiger partial charge is 0.490 e. The molecule has 5 rings (SSSR count). The van der Waals surface area contributed by atoms with Crippen molar-refractivity contribution >= 4 is 17.7 Å². The van der Waals surface area contributed by atoms with Gasteiger partial charge >= 0.3 is 11.9 Å². The minimum atomic E-state index is -0.985. The molecule has 2 unspecified atom stereocenters. The Labute approximate surface area is 321 Å². The van der Waals surface area contributed by atoms with Crippen molar-refractivity contribution in [2.75, 3.05) is 26.4 Å². The minimum absolute atomic E-state index is 0.0633. The molecule has 4 aromatic carbocycles. The lowest BCUT2D eigenvalue weighted by Crippen LogP contribution is -2.26. The molecule has 4 aromatic rings. The number of carbonyl (C=O) groups excluding carboxylic acids is 1. The molecule has 0 bridgehead atoms. The second-order valence-electron chi connectivity index (χ2n) is 12.5. The summed E-state index contributed by atoms with van der Waals surface area (Å²) in [6.45, 7) is 6.71. The summed E-state index contributed by atoms with van der Waals surface area (Å²) in [5.41, 5.74) is 6.91. The van der Waals surface area contributed by atoms with Crippen LogP contribution in [0.4, 0.5) is 0 Å². The predicted octanol–water partition coefficient (Wildman–Crippen LogP) is 7.33. The molecule has 9 heteroatoms. The molecule has 0 fully saturated rings. The first-order chi connectivity index (χ1) is 26.6. The lowest BCUT2D eigenvalue weighted by Gasteiger charge is -2.12. The van der Waals surface area contributed by atoms with Crippen molar-refractivity contribution in [1.29, 1.82) is 0 Å². The number of rotatable bonds is 16. The first kappa shape index (κ1) is 39.8. The van der Waals surface area contributed by atoms with E-state index in [2.05, 4.69) is 23.7 Å². The van der Waals surface area contributed by atoms with Crippen molar-refractivity contribution in [3.05, 3.63) is 142 Å². The van der Waals surface area contributed by atoms with Crippen molar-refractivity contribution in [2.24, 2.45) is 0 Å². The van der Waals surface area contributed by atoms with Gasteiger partial charge in [0.05, 0.1) is 0 Å². The van der Waals surface area contributed by atoms with Crippen LogP contribution in [0.3, 0.4) is 0 Å². The number of ketones is 1. The van der Waals surface area contributed by atoms with Gasteiger partial charge in [-0.3, -0.25) is 4.79 Å². The van der Waals surface area contributed by atoms with Crippen LogP contribution < -0.4 is 9.47 Å². The fraction of sp³-hybridized carbons (Fsp3) is 0.239. The molecule has 2 N–H and O–H groups in total. The van der Waals surface area contributed by atoms with Crippen LogP contribution in [0.5, 0.6) is 11.5 Å². The number of ether oxygens (including phenoxy) is 4. The number of fused-ring (bicyclic) bond motifs is 3. The van der Waals surface area contributed by atoms with Gasteiger partial charge in [0.15, 0.2) is 18.0 Å². The summed E-state index contributed by atoms with van der Waals surface area (Å²) >= 11 is 0. The number of benzene rings is 4. The monoisotopic (exact) mass is 738 g/mol. The Hall–Kier alpha value is -6.39. The zero-order valence-corrected chi connectivity index (χ0v) is 31.0. The van der Waals surface area contributed by atoms with Crippen LogP contribution in [-0.4, -0.2) is 66.6 Å². The molecule has 0 amide bonds. The van der Waals surface area contributed by atoms with Gasteiger partial charge in [-0.25, -0.2) is 9.59 Å². The summed E-state index contributed by atoms with van der Waals surface area (Å²) in [7, 11) is 0. The van der Waals surface area contributed by atoms with Crippen LogP contribution in [0, 0.1) is 23.7 Å². The van der Waals surface area contributed by atoms with E-state index < -0.39 is 24.1 Å². The highest BCUT2D eigenvalue weighted by Gasteiger charge is 2.27. The quantitative estimate of drug-likeness (QED) is 0.100. The zero-order chi connectivity index (χ0) is 39.2. The van der Waals surface area contributed by atoms with Crippen LogP contribution in [0.15, 0.2) is 109 Å². The lowest BCUT2D eigenvalue weighted by atomic mass is 10.0. The van der Waals surface area contributed by atoms with E-state index in [0.29, 0.717) is 49.1 Å². The highest BCUT2D eigenvalue weighted by molar-refractivity contribution is 6.22. The van der Waals surface area contributed by atoms with Gasteiger partial charge in [-0.1, -0.05) is 60.1 Å². The molecular formula is C46H42O9. The van der Waals surface area contributed by atoms with Gasteiger partial charge in [0.1, 0.15) is 24.7 Å². The molecule has 0 aliphatic heterocycles. The Balaban J connectivity index is 1.11. The van der Waals surface area contributed by atoms with Crippen LogP contribution >= 0.6 is 0 Å². The molecule has 0 saturated carbocycles. The van der Waals surface area contributed by atoms with E-state index in [1.54, 1.807) is 50.3 Å². The number of allylic oxidation sites excluding steroid dienone is 2. The van der Waals surface area contributed by atoms with E-state index >= 15 is 0 Å². The first-order valence-corrected chi connectivity index (χ1v) is 18.0. The summed E-state index contributed by atoms with van der Waals surface area (Å²) in [5.74, 6) is 11.6. The van der Waals surface area contributed by atoms with E-state index in [0.717, 1.165) is 39.0 Å². The van der Waals surface area contributed by atoms with Crippen LogP contribution in [0.1, 0.15) is 58.9 Å². The first-order valence-electron chi connectivity index (χ1n) is 18.0. The lowest BCUT2D eigenvalue weighted by molar-refractivity contribution is -0.150. The Kier molecular flexibility index (Phi) is 14.2. The SMILES string of the molecule is CCOC(Cc1ccc(OC/C=C/C#Cc2ccc3c(c2)C(=O)c2cc(C#C/C(C)=C/COc4ccc(CC(OCC)C(=O)O)cc4)ccc2-3)cc1)C(=O)O. The Morgan fingerprint density at radius 3 is 1.65 bits per heavy atom. The molecule has 0 aromatic heterocycles. The number of carboxylic acid groups (broad SMARTS) is 2. The van der Waals surface area contributed by atoms with E-state index in [4.69, 9.17) is 18.9 Å². The van der Waals surface area contributed by atoms with Gasteiger partial charge < -0.3 is 29.2 Å². The molecule has 2 atom stereocenters. The number of hydrogen-bond acceptors (Lipinski definition) is 7. The van der Waals surface area contributed by atoms with Crippen molar-refractivity contribution in [3.8, 4) is 46.3 Å². The van der Waals surface area contributed by atoms with Crippen LogP contribution in [0.25, 0.3) is 11.1 Å². The van der Waals surface area contributed by atoms with Crippen molar-refractivity contribution in [3.63, 3.8) is 0 Å². The molecule has 0 saturated heterocycles. The Bertz CT molecular complexity index is 2190. The average molecular weight is 739 g/mol. The van der Waals surface area contributed by atoms with Crippen molar-refractivity contribution < 1.29 is 43.5 Å². The predicted molar refractivity (Wildman–Crippen MR) is 209 cm³/mol. The fourth-order valence-corrected chi connectivity index (χ4v) is 5.80. The number of carboxylic acids is 2. The van der Waals surface area contributed by atoms with E-state index in [1.165, 1.54) is 0 Å². The van der Waals surface area contributed by atoms with Gasteiger partial charge in [0.2, 0.25) is 0 Å². The molecule has 1 aliphatic rings. The number of hydrogen-bond donors (Lipinski definition) is 2. The normalized spacial score (nSPS) is 12.8. The smallest absolute Gasteiger partial charge is 0.333 e. The van der Waals surface area contributed by atoms with E-state index in [9.17, 15) is 24.6 Å². The maximum atomic E-state index is 13.4. The molecule has 1 aliphatic carbocycles. The maximum Gasteiger partial charge on any atom is 0.333 e. The molecular weight excluding hydrogens is 696 g/mol. The molecule has 9 nitrogen and oxygen atoms in total. The maximum absolute atomic E-state index is 13.4. The zero-order valence-electron chi connectivity index (χ0n) is 31.0. The Morgan fingerprint density at radius 2 is 1.16 bits per heavy atom. The number of aliphatic carboxylic acids is 2. The van der Waals surface area contributed by atoms with E-state index in [-0.39, 0.29) is 18.6 Å². The fourth-order valence-electron chi connectivity index (χ4n) is 5.80. The van der Waals surface area contributed by atoms with Gasteiger partial charge in [-0.05, 0) is 115 Å². The third-order valence-electron chi connectivity index (χ3n) is 8.60. The molecule has 280 valence electrons. The van der Waals surface area contributed by atoms with Gasteiger partial charge in [-0.2, -0.15) is 0 Å². The highest BCUT2D eigenvalue weighted by Crippen LogP contribution is 2.37. The topological polar surface area (TPSA) is 129 Å². The summed E-state index contributed by atoms with van der Waals surface area (Å²) < 4.78 is 22.1. The van der Waals surface area contributed by atoms with Crippen molar-refractivity contribution in [2.45, 2.75) is 45.8 Å². The molecule has 0 radical (unpaired) electrons. The second-order valence-corrected chi connectivity index (χ2v) is 12.5. The summed E-state index contributed by atoms with van der Waals surface area (Å²) in [6, 6.07) is 25.8. The highest BCUT2D eigenvalue weighted by atomic mass is 16.5. The summed E-state index contributed by atoms with van der Waals surface area (Å²) in [5, 5.41) is 18.6. The molecule has 0 heterocycles. The van der Waals surface area contributed by atoms with E-state index in [1.807, 2.05) is 73.7 Å². The van der Waals surface area contributed by atoms with Crippen molar-refractivity contribution in [1.82, 2.24) is 0 Å². The minimum Gasteiger partial charge on any atom is -0.490 e. The van der Waals surface area contributed by atoms with Gasteiger partial charge in [-0.15, -0.1) is 0 Å². The summed E-state index contributed by atoms with van der Waals surface area (Å²) in [6.07, 6.45) is 4.17. The molecule has 55 heavy (non-hydrogen) atoms. The van der Waals surface area contributed by atoms with Gasteiger partial charge in [0, 0.05) is 48.3 Å². The Morgan fingerprint density at radius 1 is 0.673 bits per heavy atom. The number of carbonyl (C=O) groups is 3. The average Bonchev–Trinajstić information content (AvgIpc) is 3.46. The van der Waals surface area contributed by atoms with Crippen LogP contribution in [0.2, 0.25) is 0 Å². The van der Waals surface area contributed by atoms with Gasteiger partial charge in [0.25, 0.3) is 0 Å². The standard InChI is InChI=1S/C46H42O9/c1-4-52-42(45(48)49)29-34-12-18-36(19-13-34)54-25-8-6-7-9-32-16-22-38-39-23-17-33(28-41(39)44(47)40(38)27-32)11-10-31(3)24-26-55-37-20-14-35(15-21-37)30-43(46(50)51)53-5-2/h6,8,12-24,27-28,42-43H,4-5,25-26,29-30H2,1-3H3,(H,48,49)(H,50,51)/b8-6+,31-24+. The second kappa shape index (κ2) is 19.6. The third kappa shape index (κ3) is 11.3.